The zero-order valence-electron chi connectivity index (χ0n) is 22.9. The molecule has 222 valence electrons. The van der Waals surface area contributed by atoms with Crippen molar-refractivity contribution >= 4 is 11.9 Å². The molecule has 40 heavy (non-hydrogen) atoms. The molecule has 0 aromatic heterocycles. The number of hydrogen-bond donors (Lipinski definition) is 6. The van der Waals surface area contributed by atoms with Gasteiger partial charge in [-0.05, 0) is 24.3 Å². The van der Waals surface area contributed by atoms with Crippen molar-refractivity contribution in [2.24, 2.45) is 0 Å². The summed E-state index contributed by atoms with van der Waals surface area (Å²) < 4.78 is 9.54. The molecule has 0 aliphatic heterocycles. The van der Waals surface area contributed by atoms with Crippen LogP contribution >= 0.6 is 0 Å². The van der Waals surface area contributed by atoms with Gasteiger partial charge in [-0.3, -0.25) is 0 Å². The SMILES string of the molecule is C=C.C=C.C=C.C=C.C=C.C=C.C=C.O=C(OCCOC(=O)c1cc(O)c(O)c(O)c1)c1cc(O)c(O)c(O)c1. The van der Waals surface area contributed by atoms with E-state index in [9.17, 15) is 40.2 Å². The Morgan fingerprint density at radius 3 is 0.800 bits per heavy atom. The van der Waals surface area contributed by atoms with Gasteiger partial charge in [-0.1, -0.05) is 0 Å². The van der Waals surface area contributed by atoms with Gasteiger partial charge in [0.2, 0.25) is 0 Å². The van der Waals surface area contributed by atoms with E-state index in [4.69, 9.17) is 9.47 Å². The number of hydrogen-bond acceptors (Lipinski definition) is 10. The summed E-state index contributed by atoms with van der Waals surface area (Å²) in [5, 5.41) is 55.7. The third kappa shape index (κ3) is 18.6. The van der Waals surface area contributed by atoms with E-state index in [1.807, 2.05) is 0 Å². The van der Waals surface area contributed by atoms with Crippen molar-refractivity contribution in [3.8, 4) is 34.5 Å². The van der Waals surface area contributed by atoms with E-state index in [1.54, 1.807) is 0 Å². The molecule has 0 heterocycles. The van der Waals surface area contributed by atoms with Crippen molar-refractivity contribution in [2.45, 2.75) is 0 Å². The number of esters is 2. The summed E-state index contributed by atoms with van der Waals surface area (Å²) in [6, 6.07) is 3.52. The Hall–Kier alpha value is -5.64. The first kappa shape index (κ1) is 47.5. The van der Waals surface area contributed by atoms with Gasteiger partial charge in [0, 0.05) is 0 Å². The lowest BCUT2D eigenvalue weighted by molar-refractivity contribution is 0.0265. The molecular weight excluding hydrogens is 520 g/mol. The van der Waals surface area contributed by atoms with Crippen LogP contribution in [0.2, 0.25) is 0 Å². The van der Waals surface area contributed by atoms with Crippen LogP contribution in [0, 0.1) is 0 Å². The molecule has 0 amide bonds. The predicted octanol–water partition coefficient (Wildman–Crippen LogP) is 6.55. The maximum absolute atomic E-state index is 11.7. The van der Waals surface area contributed by atoms with Crippen LogP contribution in [0.4, 0.5) is 0 Å². The average Bonchev–Trinajstić information content (AvgIpc) is 3.03. The van der Waals surface area contributed by atoms with Crippen LogP contribution in [0.5, 0.6) is 34.5 Å². The van der Waals surface area contributed by atoms with Gasteiger partial charge in [0.25, 0.3) is 0 Å². The third-order valence-corrected chi connectivity index (χ3v) is 3.16. The lowest BCUT2D eigenvalue weighted by atomic mass is 10.2. The number of rotatable bonds is 5. The number of carbonyl (C=O) groups excluding carboxylic acids is 2. The summed E-state index contributed by atoms with van der Waals surface area (Å²) in [4.78, 5) is 23.5. The highest BCUT2D eigenvalue weighted by molar-refractivity contribution is 5.92. The summed E-state index contributed by atoms with van der Waals surface area (Å²) >= 11 is 0. The van der Waals surface area contributed by atoms with Crippen molar-refractivity contribution < 1.29 is 49.7 Å². The monoisotopic (exact) mass is 562 g/mol. The smallest absolute Gasteiger partial charge is 0.338 e. The molecule has 0 saturated heterocycles. The maximum atomic E-state index is 11.7. The van der Waals surface area contributed by atoms with Gasteiger partial charge in [0.15, 0.2) is 34.5 Å². The van der Waals surface area contributed by atoms with Crippen LogP contribution in [0.3, 0.4) is 0 Å². The molecule has 10 heteroatoms. The molecule has 6 N–H and O–H groups in total. The number of phenolic OH excluding ortho intramolecular Hbond substituents is 6. The van der Waals surface area contributed by atoms with Gasteiger partial charge in [-0.2, -0.15) is 0 Å². The first-order chi connectivity index (χ1) is 19.2. The third-order valence-electron chi connectivity index (χ3n) is 3.16. The number of ether oxygens (including phenoxy) is 2. The molecule has 0 unspecified atom stereocenters. The predicted molar refractivity (Wildman–Crippen MR) is 162 cm³/mol. The van der Waals surface area contributed by atoms with Crippen LogP contribution < -0.4 is 0 Å². The minimum Gasteiger partial charge on any atom is -0.504 e. The van der Waals surface area contributed by atoms with Gasteiger partial charge < -0.3 is 40.1 Å². The molecule has 2 aromatic carbocycles. The molecule has 0 atom stereocenters. The lowest BCUT2D eigenvalue weighted by Gasteiger charge is -2.09. The number of phenols is 6. The molecule has 2 aromatic rings. The minimum atomic E-state index is -0.952. The Labute approximate surface area is 237 Å². The Kier molecular flexibility index (Phi) is 39.7. The topological polar surface area (TPSA) is 174 Å². The molecule has 0 fully saturated rings. The van der Waals surface area contributed by atoms with E-state index in [0.717, 1.165) is 24.3 Å². The highest BCUT2D eigenvalue weighted by atomic mass is 16.6. The van der Waals surface area contributed by atoms with Gasteiger partial charge >= 0.3 is 11.9 Å². The molecule has 10 nitrogen and oxygen atoms in total. The van der Waals surface area contributed by atoms with Crippen LogP contribution in [-0.4, -0.2) is 55.8 Å². The lowest BCUT2D eigenvalue weighted by Crippen LogP contribution is -2.14. The molecule has 2 rings (SSSR count). The van der Waals surface area contributed by atoms with Crippen molar-refractivity contribution in [1.82, 2.24) is 0 Å². The van der Waals surface area contributed by atoms with Crippen LogP contribution in [0.1, 0.15) is 20.7 Å². The molecule has 0 aliphatic carbocycles. The fourth-order valence-electron chi connectivity index (χ4n) is 1.88. The molecule has 0 spiro atoms. The summed E-state index contributed by atoms with van der Waals surface area (Å²) in [6.45, 7) is 41.3. The van der Waals surface area contributed by atoms with E-state index in [-0.39, 0.29) is 24.3 Å². The summed E-state index contributed by atoms with van der Waals surface area (Å²) in [5.74, 6) is -6.32. The van der Waals surface area contributed by atoms with E-state index >= 15 is 0 Å². The summed E-state index contributed by atoms with van der Waals surface area (Å²) in [5.41, 5.74) is -0.477. The zero-order valence-corrected chi connectivity index (χ0v) is 22.9. The Morgan fingerprint density at radius 2 is 0.625 bits per heavy atom. The first-order valence-corrected chi connectivity index (χ1v) is 10.5. The number of aromatic hydroxyl groups is 6. The highest BCUT2D eigenvalue weighted by Crippen LogP contribution is 2.36. The second-order valence-corrected chi connectivity index (χ2v) is 5.00. The average molecular weight is 563 g/mol. The van der Waals surface area contributed by atoms with Crippen LogP contribution in [-0.2, 0) is 9.47 Å². The second-order valence-electron chi connectivity index (χ2n) is 5.00. The van der Waals surface area contributed by atoms with Gasteiger partial charge in [-0.25, -0.2) is 9.59 Å². The quantitative estimate of drug-likeness (QED) is 0.101. The normalized spacial score (nSPS) is 7.40. The highest BCUT2D eigenvalue weighted by Gasteiger charge is 2.16. The van der Waals surface area contributed by atoms with Gasteiger partial charge in [0.1, 0.15) is 13.2 Å². The first-order valence-electron chi connectivity index (χ1n) is 10.5. The maximum Gasteiger partial charge on any atom is 0.338 e. The van der Waals surface area contributed by atoms with Gasteiger partial charge in [0.05, 0.1) is 11.1 Å². The fraction of sp³-hybridized carbons (Fsp3) is 0.0667. The summed E-state index contributed by atoms with van der Waals surface area (Å²) in [7, 11) is 0. The fourth-order valence-corrected chi connectivity index (χ4v) is 1.88. The van der Waals surface area contributed by atoms with Crippen molar-refractivity contribution in [1.29, 1.82) is 0 Å². The molecule has 0 radical (unpaired) electrons. The number of carbonyl (C=O) groups is 2. The van der Waals surface area contributed by atoms with E-state index in [1.165, 1.54) is 0 Å². The molecule has 0 saturated carbocycles. The van der Waals surface area contributed by atoms with Crippen molar-refractivity contribution in [3.63, 3.8) is 0 Å². The van der Waals surface area contributed by atoms with E-state index in [0.29, 0.717) is 0 Å². The Bertz CT molecular complexity index is 836. The van der Waals surface area contributed by atoms with Gasteiger partial charge in [-0.15, -0.1) is 92.1 Å². The largest absolute Gasteiger partial charge is 0.504 e. The molecule has 0 aliphatic rings. The van der Waals surface area contributed by atoms with Crippen LogP contribution in [0.25, 0.3) is 0 Å². The van der Waals surface area contributed by atoms with Crippen LogP contribution in [0.15, 0.2) is 116 Å². The molecular formula is C30H42O10. The standard InChI is InChI=1S/C16H14O10.7C2H4/c17-9-3-7(4-10(18)13(9)21)15(23)25-1-2-26-16(24)8-5-11(19)14(22)12(20)6-8;7*1-2/h3-6,17-22H,1-2H2;7*1-2H2. The van der Waals surface area contributed by atoms with Crippen molar-refractivity contribution in [2.75, 3.05) is 13.2 Å². The zero-order chi connectivity index (χ0) is 33.4. The second kappa shape index (κ2) is 33.4. The number of benzene rings is 2. The Balaban J connectivity index is -0.000000180. The summed E-state index contributed by atoms with van der Waals surface area (Å²) in [6.07, 6.45) is 0. The minimum absolute atomic E-state index is 0.238. The van der Waals surface area contributed by atoms with E-state index in [2.05, 4.69) is 92.1 Å². The Morgan fingerprint density at radius 1 is 0.450 bits per heavy atom. The van der Waals surface area contributed by atoms with E-state index < -0.39 is 46.4 Å². The van der Waals surface area contributed by atoms with Crippen molar-refractivity contribution in [3.05, 3.63) is 127 Å². The molecule has 0 bridgehead atoms.